The zero-order valence-corrected chi connectivity index (χ0v) is 7.33. The highest BCUT2D eigenvalue weighted by Gasteiger charge is 2.16. The Labute approximate surface area is 73.1 Å². The third-order valence-corrected chi connectivity index (χ3v) is 2.39. The van der Waals surface area contributed by atoms with Gasteiger partial charge in [0.15, 0.2) is 0 Å². The Morgan fingerprint density at radius 1 is 1.25 bits per heavy atom. The zero-order chi connectivity index (χ0) is 8.39. The van der Waals surface area contributed by atoms with Gasteiger partial charge in [0.25, 0.3) is 0 Å². The molecule has 0 N–H and O–H groups in total. The first-order chi connectivity index (χ1) is 5.86. The van der Waals surface area contributed by atoms with E-state index >= 15 is 0 Å². The first-order valence-electron chi connectivity index (χ1n) is 4.41. The highest BCUT2D eigenvalue weighted by Crippen LogP contribution is 2.24. The van der Waals surface area contributed by atoms with E-state index in [9.17, 15) is 0 Å². The van der Waals surface area contributed by atoms with Gasteiger partial charge in [0.1, 0.15) is 0 Å². The second kappa shape index (κ2) is 3.10. The number of rotatable bonds is 1. The van der Waals surface area contributed by atoms with Crippen molar-refractivity contribution >= 4 is 5.71 Å². The van der Waals surface area contributed by atoms with E-state index < -0.39 is 0 Å². The summed E-state index contributed by atoms with van der Waals surface area (Å²) >= 11 is 0. The van der Waals surface area contributed by atoms with Gasteiger partial charge in [-0.2, -0.15) is 0 Å². The van der Waals surface area contributed by atoms with E-state index in [0.717, 1.165) is 13.0 Å². The summed E-state index contributed by atoms with van der Waals surface area (Å²) in [5, 5.41) is 0. The average Bonchev–Trinajstić information content (AvgIpc) is 2.54. The van der Waals surface area contributed by atoms with Crippen molar-refractivity contribution in [1.82, 2.24) is 0 Å². The molecule has 0 saturated carbocycles. The Kier molecular flexibility index (Phi) is 1.94. The quantitative estimate of drug-likeness (QED) is 0.597. The van der Waals surface area contributed by atoms with Gasteiger partial charge in [-0.1, -0.05) is 30.3 Å². The van der Waals surface area contributed by atoms with Crippen molar-refractivity contribution in [2.24, 2.45) is 4.99 Å². The van der Waals surface area contributed by atoms with E-state index in [-0.39, 0.29) is 0 Å². The molecule has 1 aliphatic heterocycles. The molecule has 1 unspecified atom stereocenters. The lowest BCUT2D eigenvalue weighted by Crippen LogP contribution is -1.98. The highest BCUT2D eigenvalue weighted by molar-refractivity contribution is 5.84. The number of benzene rings is 1. The largest absolute Gasteiger partial charge is 0.294 e. The topological polar surface area (TPSA) is 12.4 Å². The fourth-order valence-electron chi connectivity index (χ4n) is 1.70. The van der Waals surface area contributed by atoms with E-state index in [1.807, 2.05) is 0 Å². The van der Waals surface area contributed by atoms with Gasteiger partial charge in [-0.3, -0.25) is 4.99 Å². The number of hydrogen-bond acceptors (Lipinski definition) is 1. The molecule has 1 heterocycles. The fraction of sp³-hybridized carbons (Fsp3) is 0.364. The smallest absolute Gasteiger partial charge is 0.0460 e. The van der Waals surface area contributed by atoms with Crippen molar-refractivity contribution in [2.75, 3.05) is 6.54 Å². The van der Waals surface area contributed by atoms with Crippen molar-refractivity contribution in [3.8, 4) is 0 Å². The van der Waals surface area contributed by atoms with Crippen LogP contribution in [0.2, 0.25) is 0 Å². The van der Waals surface area contributed by atoms with Gasteiger partial charge >= 0.3 is 0 Å². The van der Waals surface area contributed by atoms with Crippen LogP contribution in [0.25, 0.3) is 0 Å². The summed E-state index contributed by atoms with van der Waals surface area (Å²) in [7, 11) is 0. The van der Waals surface area contributed by atoms with Gasteiger partial charge < -0.3 is 0 Å². The lowest BCUT2D eigenvalue weighted by atomic mass is 9.97. The Balaban J connectivity index is 2.14. The number of hydrogen-bond donors (Lipinski definition) is 0. The molecule has 0 saturated heterocycles. The predicted molar refractivity (Wildman–Crippen MR) is 51.8 cm³/mol. The maximum atomic E-state index is 4.41. The van der Waals surface area contributed by atoms with Crippen molar-refractivity contribution in [3.05, 3.63) is 35.9 Å². The second-order valence-corrected chi connectivity index (χ2v) is 3.39. The summed E-state index contributed by atoms with van der Waals surface area (Å²) in [5.41, 5.74) is 2.72. The normalized spacial score (nSPS) is 22.4. The minimum atomic E-state index is 0.645. The third kappa shape index (κ3) is 1.40. The van der Waals surface area contributed by atoms with Crippen LogP contribution in [0.5, 0.6) is 0 Å². The summed E-state index contributed by atoms with van der Waals surface area (Å²) in [5.74, 6) is 0.645. The average molecular weight is 159 g/mol. The van der Waals surface area contributed by atoms with Crippen LogP contribution in [0.1, 0.15) is 24.8 Å². The first-order valence-corrected chi connectivity index (χ1v) is 4.41. The molecule has 0 radical (unpaired) electrons. The van der Waals surface area contributed by atoms with Gasteiger partial charge in [0.05, 0.1) is 0 Å². The predicted octanol–water partition coefficient (Wildman–Crippen LogP) is 2.63. The summed E-state index contributed by atoms with van der Waals surface area (Å²) < 4.78 is 0. The molecular weight excluding hydrogens is 146 g/mol. The minimum absolute atomic E-state index is 0.645. The first kappa shape index (κ1) is 7.53. The molecule has 0 spiro atoms. The van der Waals surface area contributed by atoms with E-state index in [4.69, 9.17) is 0 Å². The summed E-state index contributed by atoms with van der Waals surface area (Å²) in [6, 6.07) is 10.6. The standard InChI is InChI=1S/C11H13N/c1-9-7-11(8-12-9)10-5-3-2-4-6-10/h2-6,11H,7-8H2,1H3. The van der Waals surface area contributed by atoms with Gasteiger partial charge in [-0.15, -0.1) is 0 Å². The molecule has 1 heteroatoms. The molecule has 2 rings (SSSR count). The van der Waals surface area contributed by atoms with E-state index in [2.05, 4.69) is 42.2 Å². The molecule has 1 aliphatic rings. The molecule has 0 fully saturated rings. The maximum absolute atomic E-state index is 4.41. The van der Waals surface area contributed by atoms with E-state index in [0.29, 0.717) is 5.92 Å². The Hall–Kier alpha value is -1.11. The Bertz CT molecular complexity index is 287. The van der Waals surface area contributed by atoms with Crippen molar-refractivity contribution in [1.29, 1.82) is 0 Å². The lowest BCUT2D eigenvalue weighted by Gasteiger charge is -2.07. The van der Waals surface area contributed by atoms with Crippen LogP contribution in [-0.2, 0) is 0 Å². The molecule has 12 heavy (non-hydrogen) atoms. The summed E-state index contributed by atoms with van der Waals surface area (Å²) in [6.07, 6.45) is 1.14. The number of nitrogens with zero attached hydrogens (tertiary/aromatic N) is 1. The molecule has 1 aromatic carbocycles. The fourth-order valence-corrected chi connectivity index (χ4v) is 1.70. The molecule has 0 amide bonds. The van der Waals surface area contributed by atoms with Gasteiger partial charge in [-0.25, -0.2) is 0 Å². The number of aliphatic imine (C=N–C) groups is 1. The van der Waals surface area contributed by atoms with Crippen LogP contribution in [-0.4, -0.2) is 12.3 Å². The van der Waals surface area contributed by atoms with Gasteiger partial charge in [0.2, 0.25) is 0 Å². The molecule has 0 bridgehead atoms. The zero-order valence-electron chi connectivity index (χ0n) is 7.33. The van der Waals surface area contributed by atoms with Crippen LogP contribution in [0.15, 0.2) is 35.3 Å². The SMILES string of the molecule is CC1=NCC(c2ccccc2)C1. The highest BCUT2D eigenvalue weighted by atomic mass is 14.8. The van der Waals surface area contributed by atoms with E-state index in [1.54, 1.807) is 0 Å². The van der Waals surface area contributed by atoms with Crippen molar-refractivity contribution < 1.29 is 0 Å². The van der Waals surface area contributed by atoms with Gasteiger partial charge in [-0.05, 0) is 18.9 Å². The maximum Gasteiger partial charge on any atom is 0.0460 e. The molecule has 1 nitrogen and oxygen atoms in total. The monoisotopic (exact) mass is 159 g/mol. The lowest BCUT2D eigenvalue weighted by molar-refractivity contribution is 0.779. The van der Waals surface area contributed by atoms with Crippen LogP contribution in [0.4, 0.5) is 0 Å². The second-order valence-electron chi connectivity index (χ2n) is 3.39. The molecule has 0 aliphatic carbocycles. The van der Waals surface area contributed by atoms with Crippen LogP contribution in [0, 0.1) is 0 Å². The van der Waals surface area contributed by atoms with Crippen LogP contribution in [0.3, 0.4) is 0 Å². The van der Waals surface area contributed by atoms with E-state index in [1.165, 1.54) is 11.3 Å². The molecule has 0 aromatic heterocycles. The van der Waals surface area contributed by atoms with Gasteiger partial charge in [0, 0.05) is 18.2 Å². The Morgan fingerprint density at radius 3 is 2.58 bits per heavy atom. The molecule has 1 atom stereocenters. The Morgan fingerprint density at radius 2 is 2.00 bits per heavy atom. The minimum Gasteiger partial charge on any atom is -0.294 e. The molecular formula is C11H13N. The van der Waals surface area contributed by atoms with Crippen LogP contribution >= 0.6 is 0 Å². The summed E-state index contributed by atoms with van der Waals surface area (Å²) in [4.78, 5) is 4.41. The third-order valence-electron chi connectivity index (χ3n) is 2.39. The van der Waals surface area contributed by atoms with Crippen LogP contribution < -0.4 is 0 Å². The summed E-state index contributed by atoms with van der Waals surface area (Å²) in [6.45, 7) is 3.10. The van der Waals surface area contributed by atoms with Crippen molar-refractivity contribution in [2.45, 2.75) is 19.3 Å². The van der Waals surface area contributed by atoms with Crippen molar-refractivity contribution in [3.63, 3.8) is 0 Å². The molecule has 1 aromatic rings. The molecule has 62 valence electrons.